The summed E-state index contributed by atoms with van der Waals surface area (Å²) in [4.78, 5) is 0. The molecule has 0 unspecified atom stereocenters. The number of hydrogen-bond acceptors (Lipinski definition) is 4. The van der Waals surface area contributed by atoms with Gasteiger partial charge in [0.2, 0.25) is 0 Å². The number of hydrogen-bond donors (Lipinski definition) is 4. The van der Waals surface area contributed by atoms with E-state index < -0.39 is 0 Å². The second kappa shape index (κ2) is 5.42. The molecule has 4 heteroatoms. The van der Waals surface area contributed by atoms with Gasteiger partial charge in [-0.25, -0.2) is 0 Å². The van der Waals surface area contributed by atoms with Crippen molar-refractivity contribution in [3.05, 3.63) is 23.8 Å². The van der Waals surface area contributed by atoms with Crippen LogP contribution in [0.5, 0.6) is 0 Å². The van der Waals surface area contributed by atoms with Crippen LogP contribution >= 0.6 is 0 Å². The van der Waals surface area contributed by atoms with Gasteiger partial charge in [0.1, 0.15) is 0 Å². The zero-order valence-corrected chi connectivity index (χ0v) is 10.4. The Bertz CT molecular complexity index is 251. The van der Waals surface area contributed by atoms with E-state index >= 15 is 0 Å². The maximum absolute atomic E-state index is 5.41. The van der Waals surface area contributed by atoms with Crippen LogP contribution in [-0.2, 0) is 0 Å². The molecule has 0 aromatic rings. The van der Waals surface area contributed by atoms with E-state index in [4.69, 9.17) is 11.7 Å². The Morgan fingerprint density at radius 1 is 1.00 bits per heavy atom. The van der Waals surface area contributed by atoms with E-state index in [0.29, 0.717) is 0 Å². The summed E-state index contributed by atoms with van der Waals surface area (Å²) in [5.41, 5.74) is 6.19. The molecule has 0 amide bonds. The van der Waals surface area contributed by atoms with Gasteiger partial charge >= 0.3 is 0 Å². The van der Waals surface area contributed by atoms with Gasteiger partial charge in [0.25, 0.3) is 0 Å². The van der Waals surface area contributed by atoms with Crippen LogP contribution in [0, 0.1) is 0 Å². The quantitative estimate of drug-likeness (QED) is 0.311. The molecule has 0 heterocycles. The number of nitrogens with two attached hydrogens (primary N) is 2. The van der Waals surface area contributed by atoms with Gasteiger partial charge in [-0.2, -0.15) is 0 Å². The molecule has 0 aliphatic carbocycles. The third-order valence-corrected chi connectivity index (χ3v) is 2.10. The summed E-state index contributed by atoms with van der Waals surface area (Å²) in [6.07, 6.45) is 6.11. The maximum Gasteiger partial charge on any atom is 0.0449 e. The first-order valence-electron chi connectivity index (χ1n) is 5.07. The van der Waals surface area contributed by atoms with Gasteiger partial charge in [-0.15, -0.1) is 0 Å². The van der Waals surface area contributed by atoms with E-state index in [0.717, 1.165) is 5.57 Å². The van der Waals surface area contributed by atoms with Gasteiger partial charge in [-0.3, -0.25) is 22.5 Å². The lowest BCUT2D eigenvalue weighted by Gasteiger charge is -2.20. The van der Waals surface area contributed by atoms with Gasteiger partial charge in [0, 0.05) is 11.1 Å². The van der Waals surface area contributed by atoms with Crippen molar-refractivity contribution in [2.45, 2.75) is 45.7 Å². The topological polar surface area (TPSA) is 76.1 Å². The van der Waals surface area contributed by atoms with Crippen molar-refractivity contribution in [3.8, 4) is 0 Å². The number of rotatable bonds is 5. The number of nitrogens with one attached hydrogen (secondary N) is 2. The summed E-state index contributed by atoms with van der Waals surface area (Å²) in [7, 11) is 0. The fourth-order valence-corrected chi connectivity index (χ4v) is 1.05. The van der Waals surface area contributed by atoms with Crippen LogP contribution in [-0.4, -0.2) is 11.1 Å². The molecule has 0 rings (SSSR count). The average Bonchev–Trinajstić information content (AvgIpc) is 2.15. The highest BCUT2D eigenvalue weighted by molar-refractivity contribution is 5.23. The molecule has 0 aliphatic heterocycles. The second-order valence-corrected chi connectivity index (χ2v) is 4.95. The monoisotopic (exact) mass is 212 g/mol. The first kappa shape index (κ1) is 14.3. The molecule has 0 spiro atoms. The number of hydrazine groups is 2. The largest absolute Gasteiger partial charge is 0.271 e. The number of allylic oxidation sites excluding steroid dienone is 2. The summed E-state index contributed by atoms with van der Waals surface area (Å²) in [5, 5.41) is 0. The van der Waals surface area contributed by atoms with Crippen molar-refractivity contribution >= 4 is 0 Å². The average molecular weight is 212 g/mol. The SMILES string of the molecule is CC(C=CC(C)(C)NN)=CC(C)(C)NN. The molecule has 0 aromatic carbocycles. The maximum atomic E-state index is 5.41. The van der Waals surface area contributed by atoms with Crippen molar-refractivity contribution < 1.29 is 0 Å². The van der Waals surface area contributed by atoms with Crippen LogP contribution in [0.4, 0.5) is 0 Å². The molecule has 0 bridgehead atoms. The van der Waals surface area contributed by atoms with Crippen LogP contribution in [0.25, 0.3) is 0 Å². The summed E-state index contributed by atoms with van der Waals surface area (Å²) in [5.74, 6) is 10.8. The highest BCUT2D eigenvalue weighted by Crippen LogP contribution is 2.10. The standard InChI is InChI=1S/C11H24N4/c1-9(8-11(4,5)15-13)6-7-10(2,3)14-12/h6-8,14-15H,12-13H2,1-5H3. The molecule has 0 atom stereocenters. The minimum Gasteiger partial charge on any atom is -0.271 e. The first-order chi connectivity index (χ1) is 6.72. The highest BCUT2D eigenvalue weighted by atomic mass is 15.3. The molecule has 0 saturated carbocycles. The third kappa shape index (κ3) is 6.41. The smallest absolute Gasteiger partial charge is 0.0449 e. The lowest BCUT2D eigenvalue weighted by Crippen LogP contribution is -2.43. The van der Waals surface area contributed by atoms with E-state index in [2.05, 4.69) is 16.9 Å². The second-order valence-electron chi connectivity index (χ2n) is 4.95. The van der Waals surface area contributed by atoms with Crippen molar-refractivity contribution in [1.29, 1.82) is 0 Å². The molecule has 4 nitrogen and oxygen atoms in total. The molecule has 0 radical (unpaired) electrons. The van der Waals surface area contributed by atoms with Crippen LogP contribution in [0.2, 0.25) is 0 Å². The van der Waals surface area contributed by atoms with Crippen molar-refractivity contribution in [1.82, 2.24) is 10.9 Å². The van der Waals surface area contributed by atoms with E-state index in [1.165, 1.54) is 0 Å². The van der Waals surface area contributed by atoms with Crippen LogP contribution in [0.1, 0.15) is 34.6 Å². The van der Waals surface area contributed by atoms with Crippen molar-refractivity contribution in [2.75, 3.05) is 0 Å². The summed E-state index contributed by atoms with van der Waals surface area (Å²) < 4.78 is 0. The zero-order valence-electron chi connectivity index (χ0n) is 10.4. The highest BCUT2D eigenvalue weighted by Gasteiger charge is 2.12. The van der Waals surface area contributed by atoms with Gasteiger partial charge < -0.3 is 0 Å². The molecule has 6 N–H and O–H groups in total. The molecular weight excluding hydrogens is 188 g/mol. The van der Waals surface area contributed by atoms with Crippen molar-refractivity contribution in [2.24, 2.45) is 11.7 Å². The minimum absolute atomic E-state index is 0.199. The summed E-state index contributed by atoms with van der Waals surface area (Å²) in [6.45, 7) is 10.1. The van der Waals surface area contributed by atoms with Crippen LogP contribution in [0.15, 0.2) is 23.8 Å². The normalized spacial score (nSPS) is 15.0. The van der Waals surface area contributed by atoms with Gasteiger partial charge in [-0.1, -0.05) is 23.8 Å². The Balaban J connectivity index is 4.56. The van der Waals surface area contributed by atoms with Crippen molar-refractivity contribution in [3.63, 3.8) is 0 Å². The van der Waals surface area contributed by atoms with Gasteiger partial charge in [0.05, 0.1) is 0 Å². The molecule has 0 aromatic heterocycles. The minimum atomic E-state index is -0.200. The zero-order chi connectivity index (χ0) is 12.1. The summed E-state index contributed by atoms with van der Waals surface area (Å²) >= 11 is 0. The fraction of sp³-hybridized carbons (Fsp3) is 0.636. The molecular formula is C11H24N4. The Labute approximate surface area is 92.7 Å². The van der Waals surface area contributed by atoms with E-state index in [1.807, 2.05) is 46.8 Å². The van der Waals surface area contributed by atoms with Crippen LogP contribution in [0.3, 0.4) is 0 Å². The third-order valence-electron chi connectivity index (χ3n) is 2.10. The molecule has 0 fully saturated rings. The fourth-order valence-electron chi connectivity index (χ4n) is 1.05. The Morgan fingerprint density at radius 2 is 1.47 bits per heavy atom. The van der Waals surface area contributed by atoms with E-state index in [1.54, 1.807) is 0 Å². The molecule has 15 heavy (non-hydrogen) atoms. The van der Waals surface area contributed by atoms with Crippen LogP contribution < -0.4 is 22.5 Å². The first-order valence-corrected chi connectivity index (χ1v) is 5.07. The Morgan fingerprint density at radius 3 is 1.87 bits per heavy atom. The van der Waals surface area contributed by atoms with E-state index in [9.17, 15) is 0 Å². The Hall–Kier alpha value is -0.680. The van der Waals surface area contributed by atoms with E-state index in [-0.39, 0.29) is 11.1 Å². The summed E-state index contributed by atoms with van der Waals surface area (Å²) in [6, 6.07) is 0. The van der Waals surface area contributed by atoms with Gasteiger partial charge in [0.15, 0.2) is 0 Å². The molecule has 88 valence electrons. The predicted molar refractivity (Wildman–Crippen MR) is 65.7 cm³/mol. The Kier molecular flexibility index (Phi) is 5.17. The predicted octanol–water partition coefficient (Wildman–Crippen LogP) is 0.973. The lowest BCUT2D eigenvalue weighted by atomic mass is 10.0. The van der Waals surface area contributed by atoms with Gasteiger partial charge in [-0.05, 0) is 34.6 Å². The molecule has 0 aliphatic rings. The lowest BCUT2D eigenvalue weighted by molar-refractivity contribution is 0.487. The molecule has 0 saturated heterocycles.